The summed E-state index contributed by atoms with van der Waals surface area (Å²) < 4.78 is 12.3. The Kier molecular flexibility index (Phi) is 8.97. The van der Waals surface area contributed by atoms with Gasteiger partial charge in [-0.15, -0.1) is 0 Å². The predicted molar refractivity (Wildman–Crippen MR) is 52.9 cm³/mol. The highest BCUT2D eigenvalue weighted by atomic mass is 19.1. The number of hydrogen-bond acceptors (Lipinski definition) is 0. The second kappa shape index (κ2) is 9.02. The van der Waals surface area contributed by atoms with Crippen LogP contribution in [0.5, 0.6) is 0 Å². The van der Waals surface area contributed by atoms with E-state index in [0.717, 1.165) is 19.3 Å². The predicted octanol–water partition coefficient (Wildman–Crippen LogP) is 4.30. The Morgan fingerprint density at radius 2 is 1.50 bits per heavy atom. The summed E-state index contributed by atoms with van der Waals surface area (Å²) in [5.41, 5.74) is 0. The average Bonchev–Trinajstić information content (AvgIpc) is 2.02. The molecule has 0 spiro atoms. The zero-order valence-corrected chi connectivity index (χ0v) is 8.32. The topological polar surface area (TPSA) is 0 Å². The first-order valence-corrected chi connectivity index (χ1v) is 5.20. The minimum absolute atomic E-state index is 0.607. The molecule has 0 aliphatic carbocycles. The van der Waals surface area contributed by atoms with Crippen molar-refractivity contribution in [3.05, 3.63) is 6.92 Å². The molecule has 0 aromatic carbocycles. The number of unbranched alkanes of at least 4 members (excludes halogenated alkanes) is 6. The quantitative estimate of drug-likeness (QED) is 0.480. The fourth-order valence-corrected chi connectivity index (χ4v) is 1.31. The van der Waals surface area contributed by atoms with Crippen molar-refractivity contribution < 1.29 is 4.39 Å². The van der Waals surface area contributed by atoms with E-state index in [4.69, 9.17) is 0 Å². The largest absolute Gasteiger partial charge is 0.248 e. The molecule has 0 amide bonds. The van der Waals surface area contributed by atoms with Crippen LogP contribution in [0.4, 0.5) is 4.39 Å². The summed E-state index contributed by atoms with van der Waals surface area (Å²) in [6, 6.07) is 0. The van der Waals surface area contributed by atoms with Crippen molar-refractivity contribution in [2.45, 2.75) is 64.5 Å². The molecular weight excluding hydrogens is 151 g/mol. The van der Waals surface area contributed by atoms with E-state index in [1.807, 2.05) is 0 Å². The lowest BCUT2D eigenvalue weighted by Gasteiger charge is -2.01. The van der Waals surface area contributed by atoms with Crippen molar-refractivity contribution in [3.63, 3.8) is 0 Å². The van der Waals surface area contributed by atoms with Crippen LogP contribution in [0.25, 0.3) is 0 Å². The van der Waals surface area contributed by atoms with Gasteiger partial charge in [0.25, 0.3) is 0 Å². The first-order valence-electron chi connectivity index (χ1n) is 5.20. The third-order valence-electron chi connectivity index (χ3n) is 2.10. The molecule has 1 radical (unpaired) electrons. The van der Waals surface area contributed by atoms with Crippen LogP contribution in [-0.4, -0.2) is 6.17 Å². The highest BCUT2D eigenvalue weighted by Crippen LogP contribution is 2.10. The van der Waals surface area contributed by atoms with E-state index >= 15 is 0 Å². The third kappa shape index (κ3) is 9.93. The van der Waals surface area contributed by atoms with Crippen molar-refractivity contribution in [1.29, 1.82) is 0 Å². The maximum absolute atomic E-state index is 12.3. The van der Waals surface area contributed by atoms with Crippen LogP contribution in [0.1, 0.15) is 58.3 Å². The van der Waals surface area contributed by atoms with Crippen LogP contribution in [0.3, 0.4) is 0 Å². The van der Waals surface area contributed by atoms with Gasteiger partial charge in [0.1, 0.15) is 0 Å². The van der Waals surface area contributed by atoms with E-state index in [1.165, 1.54) is 32.1 Å². The molecule has 0 aromatic rings. The molecule has 1 unspecified atom stereocenters. The van der Waals surface area contributed by atoms with Crippen LogP contribution in [0.15, 0.2) is 0 Å². The van der Waals surface area contributed by atoms with Gasteiger partial charge in [-0.1, -0.05) is 51.9 Å². The normalized spacial score (nSPS) is 13.2. The van der Waals surface area contributed by atoms with E-state index in [2.05, 4.69) is 6.92 Å². The SMILES string of the molecule is [CH2]CCCCCCCCC(C)F. The lowest BCUT2D eigenvalue weighted by Crippen LogP contribution is -1.91. The molecule has 0 nitrogen and oxygen atoms in total. The van der Waals surface area contributed by atoms with Gasteiger partial charge < -0.3 is 0 Å². The summed E-state index contributed by atoms with van der Waals surface area (Å²) >= 11 is 0. The van der Waals surface area contributed by atoms with Crippen LogP contribution in [-0.2, 0) is 0 Å². The lowest BCUT2D eigenvalue weighted by molar-refractivity contribution is 0.329. The third-order valence-corrected chi connectivity index (χ3v) is 2.10. The van der Waals surface area contributed by atoms with Crippen molar-refractivity contribution >= 4 is 0 Å². The van der Waals surface area contributed by atoms with Crippen molar-refractivity contribution in [2.24, 2.45) is 0 Å². The first kappa shape index (κ1) is 11.9. The summed E-state index contributed by atoms with van der Waals surface area (Å²) in [7, 11) is 0. The Labute approximate surface area is 76.6 Å². The number of hydrogen-bond donors (Lipinski definition) is 0. The van der Waals surface area contributed by atoms with Crippen molar-refractivity contribution in [2.75, 3.05) is 0 Å². The van der Waals surface area contributed by atoms with Crippen LogP contribution in [0, 0.1) is 6.92 Å². The smallest absolute Gasteiger partial charge is 0.0973 e. The molecule has 1 heteroatoms. The molecule has 0 heterocycles. The van der Waals surface area contributed by atoms with Crippen LogP contribution >= 0.6 is 0 Å². The number of halogens is 1. The van der Waals surface area contributed by atoms with Crippen molar-refractivity contribution in [3.8, 4) is 0 Å². The Hall–Kier alpha value is -0.0700. The van der Waals surface area contributed by atoms with E-state index in [0.29, 0.717) is 0 Å². The molecule has 12 heavy (non-hydrogen) atoms. The van der Waals surface area contributed by atoms with E-state index in [1.54, 1.807) is 6.92 Å². The minimum Gasteiger partial charge on any atom is -0.248 e. The maximum atomic E-state index is 12.3. The highest BCUT2D eigenvalue weighted by Gasteiger charge is 1.96. The second-order valence-corrected chi connectivity index (χ2v) is 3.54. The monoisotopic (exact) mass is 173 g/mol. The summed E-state index contributed by atoms with van der Waals surface area (Å²) in [6.45, 7) is 5.43. The molecule has 0 aliphatic rings. The molecular formula is C11H22F. The molecule has 0 aliphatic heterocycles. The zero-order valence-electron chi connectivity index (χ0n) is 8.32. The minimum atomic E-state index is -0.607. The molecule has 0 fully saturated rings. The van der Waals surface area contributed by atoms with Gasteiger partial charge in [-0.2, -0.15) is 0 Å². The van der Waals surface area contributed by atoms with Gasteiger partial charge in [0.05, 0.1) is 6.17 Å². The Balaban J connectivity index is 2.82. The maximum Gasteiger partial charge on any atom is 0.0973 e. The van der Waals surface area contributed by atoms with E-state index < -0.39 is 6.17 Å². The second-order valence-electron chi connectivity index (χ2n) is 3.54. The Morgan fingerprint density at radius 1 is 1.00 bits per heavy atom. The molecule has 0 bridgehead atoms. The summed E-state index contributed by atoms with van der Waals surface area (Å²) in [5.74, 6) is 0. The standard InChI is InChI=1S/C11H22F/c1-3-4-5-6-7-8-9-10-11(2)12/h11H,1,3-10H2,2H3. The van der Waals surface area contributed by atoms with Gasteiger partial charge >= 0.3 is 0 Å². The molecule has 0 aromatic heterocycles. The summed E-state index contributed by atoms with van der Waals surface area (Å²) in [6.07, 6.45) is 8.58. The molecule has 73 valence electrons. The van der Waals surface area contributed by atoms with Gasteiger partial charge in [-0.3, -0.25) is 0 Å². The number of rotatable bonds is 8. The Morgan fingerprint density at radius 3 is 2.00 bits per heavy atom. The van der Waals surface area contributed by atoms with Gasteiger partial charge in [-0.05, 0) is 13.3 Å². The van der Waals surface area contributed by atoms with E-state index in [-0.39, 0.29) is 0 Å². The van der Waals surface area contributed by atoms with Crippen LogP contribution in [0.2, 0.25) is 0 Å². The fourth-order valence-electron chi connectivity index (χ4n) is 1.31. The fraction of sp³-hybridized carbons (Fsp3) is 0.909. The molecule has 0 saturated carbocycles. The molecule has 0 rings (SSSR count). The summed E-state index contributed by atoms with van der Waals surface area (Å²) in [5, 5.41) is 0. The summed E-state index contributed by atoms with van der Waals surface area (Å²) in [4.78, 5) is 0. The van der Waals surface area contributed by atoms with E-state index in [9.17, 15) is 4.39 Å². The number of alkyl halides is 1. The average molecular weight is 173 g/mol. The van der Waals surface area contributed by atoms with Gasteiger partial charge in [0.2, 0.25) is 0 Å². The van der Waals surface area contributed by atoms with Crippen molar-refractivity contribution in [1.82, 2.24) is 0 Å². The van der Waals surface area contributed by atoms with Gasteiger partial charge in [0, 0.05) is 0 Å². The lowest BCUT2D eigenvalue weighted by atomic mass is 10.1. The first-order chi connectivity index (χ1) is 5.77. The highest BCUT2D eigenvalue weighted by molar-refractivity contribution is 4.50. The van der Waals surface area contributed by atoms with Gasteiger partial charge in [0.15, 0.2) is 0 Å². The van der Waals surface area contributed by atoms with Gasteiger partial charge in [-0.25, -0.2) is 4.39 Å². The van der Waals surface area contributed by atoms with Crippen LogP contribution < -0.4 is 0 Å². The Bertz CT molecular complexity index is 79.1. The molecule has 1 atom stereocenters. The molecule has 0 N–H and O–H groups in total. The zero-order chi connectivity index (χ0) is 9.23. The molecule has 0 saturated heterocycles.